The Morgan fingerprint density at radius 2 is 1.52 bits per heavy atom. The Bertz CT molecular complexity index is 876. The number of hydroxylamine groups is 2. The first-order valence-corrected chi connectivity index (χ1v) is 18.3. The molecule has 0 spiro atoms. The third kappa shape index (κ3) is 13.7. The number of nitrogens with one attached hydrogen (secondary N) is 2. The molecule has 1 aromatic rings. The third-order valence-corrected chi connectivity index (χ3v) is 9.01. The largest absolute Gasteiger partial charge is 0.353 e. The second-order valence-electron chi connectivity index (χ2n) is 13.9. The van der Waals surface area contributed by atoms with Gasteiger partial charge in [0.15, 0.2) is 0 Å². The Kier molecular flexibility index (Phi) is 18.5. The molecular formula is C35H70N8O. The topological polar surface area (TPSA) is 81.7 Å². The number of likely N-dealkylation sites (N-methyl/N-ethyl adjacent to an activating group) is 1. The summed E-state index contributed by atoms with van der Waals surface area (Å²) in [6, 6.07) is 0.295. The summed E-state index contributed by atoms with van der Waals surface area (Å²) in [5, 5.41) is 9.10. The monoisotopic (exact) mass is 619 g/mol. The van der Waals surface area contributed by atoms with Gasteiger partial charge in [-0.05, 0) is 71.3 Å². The Morgan fingerprint density at radius 1 is 0.841 bits per heavy atom. The van der Waals surface area contributed by atoms with Crippen molar-refractivity contribution in [1.82, 2.24) is 25.3 Å². The molecule has 2 rings (SSSR count). The summed E-state index contributed by atoms with van der Waals surface area (Å²) in [6.45, 7) is 23.7. The van der Waals surface area contributed by atoms with Crippen LogP contribution in [0.4, 0.5) is 17.8 Å². The second kappa shape index (κ2) is 21.2. The van der Waals surface area contributed by atoms with E-state index in [4.69, 9.17) is 19.8 Å². The molecular weight excluding hydrogens is 548 g/mol. The first-order chi connectivity index (χ1) is 21.1. The zero-order chi connectivity index (χ0) is 32.4. The van der Waals surface area contributed by atoms with Gasteiger partial charge < -0.3 is 20.4 Å². The molecule has 0 saturated heterocycles. The standard InChI is InChI=1S/C35H70N8O/c1-10-14-25-42(27-22-29(5)6)33-38-32(37-24-23-36-13-4)39-34(40-33)43(26-15-11-2)30(19-12-3)28-35(7,8)41(9)44-31-20-17-16-18-21-31/h29-31,36H,10-28H2,1-9H3,(H,37,38,39,40). The van der Waals surface area contributed by atoms with Crippen molar-refractivity contribution >= 4 is 17.8 Å². The van der Waals surface area contributed by atoms with Crippen LogP contribution in [0.15, 0.2) is 0 Å². The number of nitrogens with zero attached hydrogens (tertiary/aromatic N) is 6. The van der Waals surface area contributed by atoms with Gasteiger partial charge in [-0.15, -0.1) is 0 Å². The molecule has 0 amide bonds. The van der Waals surface area contributed by atoms with Gasteiger partial charge in [0, 0.05) is 51.4 Å². The molecule has 0 radical (unpaired) electrons. The fourth-order valence-corrected chi connectivity index (χ4v) is 5.93. The van der Waals surface area contributed by atoms with Gasteiger partial charge in [-0.1, -0.05) is 80.1 Å². The molecule has 0 aliphatic heterocycles. The lowest BCUT2D eigenvalue weighted by Crippen LogP contribution is -2.50. The van der Waals surface area contributed by atoms with Crippen LogP contribution in [0.2, 0.25) is 0 Å². The van der Waals surface area contributed by atoms with E-state index in [-0.39, 0.29) is 5.54 Å². The molecule has 1 saturated carbocycles. The van der Waals surface area contributed by atoms with Crippen molar-refractivity contribution in [2.45, 2.75) is 157 Å². The fraction of sp³-hybridized carbons (Fsp3) is 0.914. The number of aromatic nitrogens is 3. The lowest BCUT2D eigenvalue weighted by Gasteiger charge is -2.42. The molecule has 9 nitrogen and oxygen atoms in total. The molecule has 1 aromatic heterocycles. The van der Waals surface area contributed by atoms with Crippen molar-refractivity contribution in [2.75, 3.05) is 61.4 Å². The summed E-state index contributed by atoms with van der Waals surface area (Å²) in [7, 11) is 2.14. The van der Waals surface area contributed by atoms with E-state index in [1.807, 2.05) is 0 Å². The van der Waals surface area contributed by atoms with E-state index in [2.05, 4.69) is 87.9 Å². The first-order valence-electron chi connectivity index (χ1n) is 18.3. The summed E-state index contributed by atoms with van der Waals surface area (Å²) >= 11 is 0. The third-order valence-electron chi connectivity index (χ3n) is 9.01. The molecule has 1 aliphatic rings. The Morgan fingerprint density at radius 3 is 2.16 bits per heavy atom. The maximum absolute atomic E-state index is 6.57. The van der Waals surface area contributed by atoms with E-state index >= 15 is 0 Å². The minimum atomic E-state index is -0.130. The Hall–Kier alpha value is -1.71. The number of anilines is 3. The number of hydrogen-bond donors (Lipinski definition) is 2. The van der Waals surface area contributed by atoms with Gasteiger partial charge in [-0.3, -0.25) is 4.84 Å². The summed E-state index contributed by atoms with van der Waals surface area (Å²) < 4.78 is 0. The summed E-state index contributed by atoms with van der Waals surface area (Å²) in [6.07, 6.45) is 15.4. The fourth-order valence-electron chi connectivity index (χ4n) is 5.93. The van der Waals surface area contributed by atoms with Gasteiger partial charge >= 0.3 is 0 Å². The van der Waals surface area contributed by atoms with E-state index in [1.54, 1.807) is 0 Å². The molecule has 0 aromatic carbocycles. The molecule has 9 heteroatoms. The molecule has 1 atom stereocenters. The Labute approximate surface area is 271 Å². The van der Waals surface area contributed by atoms with E-state index in [1.165, 1.54) is 32.1 Å². The van der Waals surface area contributed by atoms with Crippen molar-refractivity contribution in [2.24, 2.45) is 5.92 Å². The van der Waals surface area contributed by atoms with E-state index in [0.717, 1.165) is 103 Å². The molecule has 1 unspecified atom stereocenters. The van der Waals surface area contributed by atoms with Gasteiger partial charge in [0.25, 0.3) is 0 Å². The maximum Gasteiger partial charge on any atom is 0.232 e. The average Bonchev–Trinajstić information content (AvgIpc) is 3.00. The van der Waals surface area contributed by atoms with Crippen LogP contribution in [0.5, 0.6) is 0 Å². The van der Waals surface area contributed by atoms with Crippen LogP contribution in [-0.4, -0.2) is 84.0 Å². The second-order valence-corrected chi connectivity index (χ2v) is 13.9. The van der Waals surface area contributed by atoms with E-state index < -0.39 is 0 Å². The molecule has 1 fully saturated rings. The van der Waals surface area contributed by atoms with Gasteiger partial charge in [0.05, 0.1) is 6.10 Å². The van der Waals surface area contributed by atoms with E-state index in [0.29, 0.717) is 24.0 Å². The van der Waals surface area contributed by atoms with Crippen LogP contribution >= 0.6 is 0 Å². The maximum atomic E-state index is 6.57. The predicted octanol–water partition coefficient (Wildman–Crippen LogP) is 7.69. The highest BCUT2D eigenvalue weighted by atomic mass is 16.7. The van der Waals surface area contributed by atoms with E-state index in [9.17, 15) is 0 Å². The van der Waals surface area contributed by atoms with Crippen LogP contribution in [0.25, 0.3) is 0 Å². The molecule has 1 aliphatic carbocycles. The van der Waals surface area contributed by atoms with Crippen molar-refractivity contribution in [1.29, 1.82) is 0 Å². The van der Waals surface area contributed by atoms with Crippen molar-refractivity contribution in [3.8, 4) is 0 Å². The summed E-state index contributed by atoms with van der Waals surface area (Å²) in [5.41, 5.74) is -0.130. The van der Waals surface area contributed by atoms with Crippen LogP contribution in [0.1, 0.15) is 139 Å². The van der Waals surface area contributed by atoms with Gasteiger partial charge in [0.2, 0.25) is 17.8 Å². The van der Waals surface area contributed by atoms with Gasteiger partial charge in [-0.25, -0.2) is 0 Å². The highest BCUT2D eigenvalue weighted by molar-refractivity contribution is 5.46. The van der Waals surface area contributed by atoms with Crippen molar-refractivity contribution in [3.63, 3.8) is 0 Å². The lowest BCUT2D eigenvalue weighted by molar-refractivity contribution is -0.237. The average molecular weight is 619 g/mol. The predicted molar refractivity (Wildman–Crippen MR) is 189 cm³/mol. The molecule has 0 bridgehead atoms. The number of hydrogen-bond acceptors (Lipinski definition) is 9. The minimum absolute atomic E-state index is 0.130. The Balaban J connectivity index is 2.46. The van der Waals surface area contributed by atoms with Crippen LogP contribution < -0.4 is 20.4 Å². The smallest absolute Gasteiger partial charge is 0.232 e. The zero-order valence-corrected chi connectivity index (χ0v) is 30.3. The highest BCUT2D eigenvalue weighted by Crippen LogP contribution is 2.31. The number of rotatable bonds is 24. The normalized spacial score (nSPS) is 15.2. The van der Waals surface area contributed by atoms with Crippen molar-refractivity contribution < 1.29 is 4.84 Å². The van der Waals surface area contributed by atoms with Crippen LogP contribution in [-0.2, 0) is 4.84 Å². The van der Waals surface area contributed by atoms with Crippen LogP contribution in [0.3, 0.4) is 0 Å². The SMILES string of the molecule is CCCCN(CCC(C)C)c1nc(NCCNCC)nc(N(CCCC)C(CCC)CC(C)(C)N(C)OC2CCCCC2)n1. The zero-order valence-electron chi connectivity index (χ0n) is 30.3. The van der Waals surface area contributed by atoms with Crippen LogP contribution in [0, 0.1) is 5.92 Å². The molecule has 44 heavy (non-hydrogen) atoms. The molecule has 2 N–H and O–H groups in total. The van der Waals surface area contributed by atoms with Gasteiger partial charge in [0.1, 0.15) is 0 Å². The summed E-state index contributed by atoms with van der Waals surface area (Å²) in [4.78, 5) is 26.8. The first kappa shape index (κ1) is 38.5. The molecule has 256 valence electrons. The highest BCUT2D eigenvalue weighted by Gasteiger charge is 2.34. The van der Waals surface area contributed by atoms with Crippen molar-refractivity contribution in [3.05, 3.63) is 0 Å². The quantitative estimate of drug-likeness (QED) is 0.0895. The number of unbranched alkanes of at least 4 members (excludes halogenated alkanes) is 2. The van der Waals surface area contributed by atoms with Gasteiger partial charge in [-0.2, -0.15) is 20.0 Å². The summed E-state index contributed by atoms with van der Waals surface area (Å²) in [5.74, 6) is 2.93. The minimum Gasteiger partial charge on any atom is -0.353 e. The molecule has 1 heterocycles. The lowest BCUT2D eigenvalue weighted by atomic mass is 9.91.